The molecule has 4 fully saturated rings. The fraction of sp³-hybridized carbons (Fsp3) is 0.377. The number of anilines is 10. The number of amides is 7. The highest BCUT2D eigenvalue weighted by atomic mass is 32.1. The smallest absolute Gasteiger partial charge is 0.410 e. The van der Waals surface area contributed by atoms with Crippen LogP contribution in [0.1, 0.15) is 41.7 Å². The van der Waals surface area contributed by atoms with Crippen molar-refractivity contribution in [2.24, 2.45) is 0 Å². The van der Waals surface area contributed by atoms with Crippen molar-refractivity contribution in [2.75, 3.05) is 156 Å². The summed E-state index contributed by atoms with van der Waals surface area (Å²) < 4.78 is 16.3. The molecule has 2 aromatic carbocycles. The number of pyridine rings is 2. The summed E-state index contributed by atoms with van der Waals surface area (Å²) in [6, 6.07) is 18.1. The quantitative estimate of drug-likeness (QED) is 0.0650. The van der Waals surface area contributed by atoms with Gasteiger partial charge in [-0.25, -0.2) is 24.4 Å². The van der Waals surface area contributed by atoms with Gasteiger partial charge in [-0.05, 0) is 81.4 Å². The fourth-order valence-electron chi connectivity index (χ4n) is 8.80. The lowest BCUT2D eigenvalue weighted by Gasteiger charge is -2.37. The number of thiazole rings is 2. The molecule has 0 aliphatic carbocycles. The zero-order valence-electron chi connectivity index (χ0n) is 44.2. The van der Waals surface area contributed by atoms with E-state index >= 15 is 0 Å². The molecule has 4 aliphatic heterocycles. The molecule has 24 nitrogen and oxygen atoms in total. The molecule has 0 spiro atoms. The van der Waals surface area contributed by atoms with Gasteiger partial charge in [0.2, 0.25) is 0 Å². The summed E-state index contributed by atoms with van der Waals surface area (Å²) in [4.78, 5) is 90.7. The van der Waals surface area contributed by atoms with Crippen molar-refractivity contribution in [2.45, 2.75) is 26.4 Å². The van der Waals surface area contributed by atoms with Crippen molar-refractivity contribution in [3.8, 4) is 0 Å². The second-order valence-corrected chi connectivity index (χ2v) is 21.1. The number of aromatic nitrogens is 4. The van der Waals surface area contributed by atoms with Crippen LogP contribution in [0.15, 0.2) is 96.2 Å². The Labute approximate surface area is 465 Å². The molecular weight excluding hydrogens is 1050 g/mol. The van der Waals surface area contributed by atoms with E-state index in [-0.39, 0.29) is 28.5 Å². The first-order valence-electron chi connectivity index (χ1n) is 25.9. The van der Waals surface area contributed by atoms with Gasteiger partial charge in [0.15, 0.2) is 10.3 Å². The first-order chi connectivity index (χ1) is 38.3. The van der Waals surface area contributed by atoms with Crippen LogP contribution in [0.25, 0.3) is 0 Å². The van der Waals surface area contributed by atoms with Crippen LogP contribution in [-0.2, 0) is 14.2 Å². The summed E-state index contributed by atoms with van der Waals surface area (Å²) in [6.45, 7) is 17.3. The van der Waals surface area contributed by atoms with Gasteiger partial charge in [0, 0.05) is 124 Å². The highest BCUT2D eigenvalue weighted by Gasteiger charge is 2.28. The molecule has 6 aromatic rings. The normalized spacial score (nSPS) is 15.7. The minimum atomic E-state index is -0.554. The molecule has 8 heterocycles. The van der Waals surface area contributed by atoms with Crippen molar-refractivity contribution in [1.82, 2.24) is 30.2 Å². The maximum absolute atomic E-state index is 13.1. The average Bonchev–Trinajstić information content (AvgIpc) is 4.15. The highest BCUT2D eigenvalue weighted by molar-refractivity contribution is 7.14. The molecule has 0 atom stereocenters. The van der Waals surface area contributed by atoms with Gasteiger partial charge in [0.05, 0.1) is 61.6 Å². The highest BCUT2D eigenvalue weighted by Crippen LogP contribution is 2.29. The standard InChI is InChI=1S/C29H36N8O5S.C24H28N8O3S/c1-29(2,3)42-28(40)37-12-10-36(11-13-37)24-8-9-30-18-22(24)32-25(38)23-19-43-27(33-23)34-26(39)31-20-4-6-21(7-5-20)35-14-16-41-17-15-35;33-22(28-19-15-26-6-5-21(19)32-9-7-25-8-10-32)20-16-36-24(29-20)30-23(34)27-17-1-3-18(4-2-17)31-11-13-35-14-12-31/h4-9,18-19H,10-17H2,1-3H3,(H,32,38)(H2,31,33,34,39);1-6,15-16,25H,7-14H2,(H,28,33)(H2,27,29,30,34). The summed E-state index contributed by atoms with van der Waals surface area (Å²) in [6.07, 6.45) is 6.26. The van der Waals surface area contributed by atoms with Gasteiger partial charge < -0.3 is 65.3 Å². The summed E-state index contributed by atoms with van der Waals surface area (Å²) >= 11 is 2.33. The number of nitrogens with one attached hydrogen (secondary N) is 7. The third-order valence-electron chi connectivity index (χ3n) is 12.7. The van der Waals surface area contributed by atoms with E-state index < -0.39 is 23.6 Å². The maximum atomic E-state index is 13.1. The van der Waals surface area contributed by atoms with Crippen LogP contribution in [0.5, 0.6) is 0 Å². The lowest BCUT2D eigenvalue weighted by atomic mass is 10.2. The number of nitrogens with zero attached hydrogens (tertiary/aromatic N) is 9. The Morgan fingerprint density at radius 3 is 1.39 bits per heavy atom. The van der Waals surface area contributed by atoms with E-state index in [0.29, 0.717) is 67.3 Å². The Kier molecular flexibility index (Phi) is 18.6. The Balaban J connectivity index is 0.000000195. The predicted octanol–water partition coefficient (Wildman–Crippen LogP) is 7.01. The molecule has 0 unspecified atom stereocenters. The van der Waals surface area contributed by atoms with E-state index in [1.807, 2.05) is 81.4 Å². The van der Waals surface area contributed by atoms with Gasteiger partial charge in [-0.15, -0.1) is 22.7 Å². The average molecular weight is 1120 g/mol. The topological polar surface area (TPSA) is 265 Å². The number of ether oxygens (including phenoxy) is 3. The van der Waals surface area contributed by atoms with Gasteiger partial charge in [-0.2, -0.15) is 0 Å². The van der Waals surface area contributed by atoms with E-state index in [0.717, 1.165) is 99.7 Å². The maximum Gasteiger partial charge on any atom is 0.410 e. The van der Waals surface area contributed by atoms with Gasteiger partial charge >= 0.3 is 18.2 Å². The number of rotatable bonds is 12. The number of hydrogen-bond acceptors (Lipinski definition) is 19. The van der Waals surface area contributed by atoms with Crippen LogP contribution < -0.4 is 56.8 Å². The number of morpholine rings is 2. The Bertz CT molecular complexity index is 3020. The Morgan fingerprint density at radius 1 is 0.532 bits per heavy atom. The molecule has 26 heteroatoms. The molecule has 0 radical (unpaired) electrons. The molecule has 7 N–H and O–H groups in total. The van der Waals surface area contributed by atoms with Crippen LogP contribution >= 0.6 is 22.7 Å². The third-order valence-corrected chi connectivity index (χ3v) is 14.3. The van der Waals surface area contributed by atoms with Crippen molar-refractivity contribution < 1.29 is 38.2 Å². The molecule has 10 rings (SSSR count). The summed E-state index contributed by atoms with van der Waals surface area (Å²) in [5.74, 6) is -0.784. The van der Waals surface area contributed by atoms with Crippen molar-refractivity contribution in [1.29, 1.82) is 0 Å². The van der Waals surface area contributed by atoms with Crippen LogP contribution in [0, 0.1) is 0 Å². The number of carbonyl (C=O) groups excluding carboxylic acids is 5. The molecule has 4 aromatic heterocycles. The second kappa shape index (κ2) is 26.5. The third kappa shape index (κ3) is 15.7. The van der Waals surface area contributed by atoms with Gasteiger partial charge in [0.1, 0.15) is 17.0 Å². The van der Waals surface area contributed by atoms with Crippen molar-refractivity contribution in [3.63, 3.8) is 0 Å². The SMILES string of the molecule is CC(C)(C)OC(=O)N1CCN(c2ccncc2NC(=O)c2csc(NC(=O)Nc3ccc(N4CCOCC4)cc3)n2)CC1.O=C(Nc1ccc(N2CCOCC2)cc1)Nc1nc(C(=O)Nc2cnccc2N2CCNCC2)cs1. The zero-order chi connectivity index (χ0) is 55.1. The number of hydrogen-bond donors (Lipinski definition) is 7. The second-order valence-electron chi connectivity index (χ2n) is 19.4. The minimum Gasteiger partial charge on any atom is -0.444 e. The van der Waals surface area contributed by atoms with E-state index in [1.54, 1.807) is 40.4 Å². The van der Waals surface area contributed by atoms with Crippen molar-refractivity contribution in [3.05, 3.63) is 108 Å². The number of carbonyl (C=O) groups is 5. The molecular formula is C53H64N16O8S2. The van der Waals surface area contributed by atoms with E-state index in [1.165, 1.54) is 11.3 Å². The molecule has 4 aliphatic rings. The monoisotopic (exact) mass is 1120 g/mol. The van der Waals surface area contributed by atoms with Crippen LogP contribution in [0.3, 0.4) is 0 Å². The lowest BCUT2D eigenvalue weighted by molar-refractivity contribution is 0.0240. The van der Waals surface area contributed by atoms with Crippen LogP contribution in [0.4, 0.5) is 70.1 Å². The summed E-state index contributed by atoms with van der Waals surface area (Å²) in [7, 11) is 0. The van der Waals surface area contributed by atoms with E-state index in [2.05, 4.69) is 76.8 Å². The summed E-state index contributed by atoms with van der Waals surface area (Å²) in [5.41, 5.74) is 6.17. The molecule has 4 saturated heterocycles. The van der Waals surface area contributed by atoms with Crippen LogP contribution in [-0.4, -0.2) is 165 Å². The van der Waals surface area contributed by atoms with E-state index in [4.69, 9.17) is 14.2 Å². The van der Waals surface area contributed by atoms with Gasteiger partial charge in [-0.1, -0.05) is 0 Å². The zero-order valence-corrected chi connectivity index (χ0v) is 45.8. The molecule has 7 amide bonds. The first kappa shape index (κ1) is 55.6. The molecule has 416 valence electrons. The Hall–Kier alpha value is -8.17. The number of benzene rings is 2. The molecule has 0 saturated carbocycles. The lowest BCUT2D eigenvalue weighted by Crippen LogP contribution is -2.50. The fourth-order valence-corrected chi connectivity index (χ4v) is 10.2. The van der Waals surface area contributed by atoms with Crippen molar-refractivity contribution >= 4 is 108 Å². The number of urea groups is 2. The largest absolute Gasteiger partial charge is 0.444 e. The molecule has 79 heavy (non-hydrogen) atoms. The predicted molar refractivity (Wildman–Crippen MR) is 308 cm³/mol. The Morgan fingerprint density at radius 2 is 0.962 bits per heavy atom. The number of piperazine rings is 2. The first-order valence-corrected chi connectivity index (χ1v) is 27.7. The molecule has 0 bridgehead atoms. The summed E-state index contributed by atoms with van der Waals surface area (Å²) in [5, 5.41) is 23.9. The van der Waals surface area contributed by atoms with Gasteiger partial charge in [0.25, 0.3) is 11.8 Å². The van der Waals surface area contributed by atoms with Crippen LogP contribution in [0.2, 0.25) is 0 Å². The minimum absolute atomic E-state index is 0.166. The van der Waals surface area contributed by atoms with Gasteiger partial charge in [-0.3, -0.25) is 30.2 Å². The van der Waals surface area contributed by atoms with E-state index in [9.17, 15) is 24.0 Å².